The Balaban J connectivity index is 1.90. The van der Waals surface area contributed by atoms with Crippen LogP contribution < -0.4 is 5.32 Å². The Bertz CT molecular complexity index is 289. The predicted molar refractivity (Wildman–Crippen MR) is 56.2 cm³/mol. The topological polar surface area (TPSA) is 28.4 Å². The number of hydrogen-bond donors (Lipinski definition) is 1. The zero-order valence-corrected chi connectivity index (χ0v) is 8.92. The van der Waals surface area contributed by atoms with Gasteiger partial charge in [-0.15, -0.1) is 0 Å². The molecule has 2 rings (SSSR count). The normalized spacial score (nSPS) is 22.1. The van der Waals surface area contributed by atoms with Crippen LogP contribution in [0.1, 0.15) is 17.9 Å². The second kappa shape index (κ2) is 4.15. The largest absolute Gasteiger partial charge is 0.465 e. The first-order chi connectivity index (χ1) is 6.75. The van der Waals surface area contributed by atoms with Crippen molar-refractivity contribution in [1.29, 1.82) is 0 Å². The lowest BCUT2D eigenvalue weighted by atomic mass is 10.2. The Morgan fingerprint density at radius 1 is 1.57 bits per heavy atom. The highest BCUT2D eigenvalue weighted by Gasteiger charge is 2.19. The van der Waals surface area contributed by atoms with Gasteiger partial charge in [0.2, 0.25) is 0 Å². The Kier molecular flexibility index (Phi) is 2.89. The highest BCUT2D eigenvalue weighted by molar-refractivity contribution is 5.05. The first-order valence-electron chi connectivity index (χ1n) is 5.22. The van der Waals surface area contributed by atoms with Gasteiger partial charge in [0.1, 0.15) is 11.5 Å². The van der Waals surface area contributed by atoms with Crippen LogP contribution in [0.4, 0.5) is 0 Å². The summed E-state index contributed by atoms with van der Waals surface area (Å²) in [4.78, 5) is 2.36. The van der Waals surface area contributed by atoms with Crippen LogP contribution in [0.5, 0.6) is 0 Å². The van der Waals surface area contributed by atoms with Crippen molar-refractivity contribution in [3.63, 3.8) is 0 Å². The number of furan rings is 1. The molecule has 0 bridgehead atoms. The molecule has 1 saturated heterocycles. The Hall–Kier alpha value is -0.800. The molecule has 14 heavy (non-hydrogen) atoms. The molecule has 1 aromatic heterocycles. The maximum Gasteiger partial charge on any atom is 0.118 e. The number of rotatable bonds is 3. The third-order valence-corrected chi connectivity index (χ3v) is 2.86. The second-order valence-electron chi connectivity index (χ2n) is 4.07. The van der Waals surface area contributed by atoms with E-state index in [2.05, 4.69) is 23.3 Å². The smallest absolute Gasteiger partial charge is 0.118 e. The van der Waals surface area contributed by atoms with Crippen LogP contribution in [0, 0.1) is 6.92 Å². The van der Waals surface area contributed by atoms with Gasteiger partial charge in [0, 0.05) is 12.6 Å². The van der Waals surface area contributed by atoms with E-state index in [1.807, 2.05) is 13.0 Å². The fourth-order valence-corrected chi connectivity index (χ4v) is 1.96. The summed E-state index contributed by atoms with van der Waals surface area (Å²) in [6, 6.07) is 4.75. The minimum Gasteiger partial charge on any atom is -0.465 e. The number of likely N-dealkylation sites (N-methyl/N-ethyl adjacent to an activating group) is 1. The molecule has 0 spiro atoms. The Labute approximate surface area is 85.1 Å². The summed E-state index contributed by atoms with van der Waals surface area (Å²) in [6.45, 7) is 5.16. The summed E-state index contributed by atoms with van der Waals surface area (Å²) in [5.74, 6) is 2.06. The molecule has 78 valence electrons. The number of hydrogen-bond acceptors (Lipinski definition) is 3. The maximum absolute atomic E-state index is 5.55. The van der Waals surface area contributed by atoms with Crippen molar-refractivity contribution in [1.82, 2.24) is 10.2 Å². The van der Waals surface area contributed by atoms with Gasteiger partial charge in [-0.3, -0.25) is 4.90 Å². The van der Waals surface area contributed by atoms with Crippen molar-refractivity contribution in [3.05, 3.63) is 23.7 Å². The van der Waals surface area contributed by atoms with Gasteiger partial charge < -0.3 is 9.73 Å². The van der Waals surface area contributed by atoms with E-state index in [4.69, 9.17) is 4.42 Å². The van der Waals surface area contributed by atoms with Gasteiger partial charge in [-0.25, -0.2) is 0 Å². The summed E-state index contributed by atoms with van der Waals surface area (Å²) in [5.41, 5.74) is 0. The SMILES string of the molecule is Cc1ccc(CN(C)C2CCNC2)o1. The van der Waals surface area contributed by atoms with Crippen molar-refractivity contribution < 1.29 is 4.42 Å². The zero-order valence-electron chi connectivity index (χ0n) is 8.92. The average molecular weight is 194 g/mol. The number of aryl methyl sites for hydroxylation is 1. The van der Waals surface area contributed by atoms with E-state index in [1.54, 1.807) is 0 Å². The molecule has 3 nitrogen and oxygen atoms in total. The van der Waals surface area contributed by atoms with Crippen molar-refractivity contribution in [3.8, 4) is 0 Å². The van der Waals surface area contributed by atoms with Crippen LogP contribution in [0.2, 0.25) is 0 Å². The molecule has 0 aromatic carbocycles. The summed E-state index contributed by atoms with van der Waals surface area (Å²) >= 11 is 0. The molecule has 1 atom stereocenters. The second-order valence-corrected chi connectivity index (χ2v) is 4.07. The van der Waals surface area contributed by atoms with Gasteiger partial charge in [-0.05, 0) is 39.1 Å². The van der Waals surface area contributed by atoms with Gasteiger partial charge in [0.05, 0.1) is 6.54 Å². The molecule has 1 N–H and O–H groups in total. The van der Waals surface area contributed by atoms with Crippen LogP contribution in [0.3, 0.4) is 0 Å². The van der Waals surface area contributed by atoms with Gasteiger partial charge in [-0.1, -0.05) is 0 Å². The fraction of sp³-hybridized carbons (Fsp3) is 0.636. The van der Waals surface area contributed by atoms with Gasteiger partial charge in [0.15, 0.2) is 0 Å². The average Bonchev–Trinajstić information content (AvgIpc) is 2.75. The first-order valence-corrected chi connectivity index (χ1v) is 5.22. The van der Waals surface area contributed by atoms with Crippen LogP contribution in [-0.2, 0) is 6.54 Å². The minimum atomic E-state index is 0.667. The van der Waals surface area contributed by atoms with Crippen LogP contribution in [-0.4, -0.2) is 31.1 Å². The van der Waals surface area contributed by atoms with E-state index in [0.29, 0.717) is 6.04 Å². The van der Waals surface area contributed by atoms with Crippen molar-refractivity contribution in [2.45, 2.75) is 25.9 Å². The lowest BCUT2D eigenvalue weighted by molar-refractivity contribution is 0.228. The monoisotopic (exact) mass is 194 g/mol. The molecule has 0 amide bonds. The minimum absolute atomic E-state index is 0.667. The zero-order chi connectivity index (χ0) is 9.97. The first kappa shape index (κ1) is 9.74. The highest BCUT2D eigenvalue weighted by Crippen LogP contribution is 2.13. The molecular formula is C11H18N2O. The van der Waals surface area contributed by atoms with Gasteiger partial charge >= 0.3 is 0 Å². The summed E-state index contributed by atoms with van der Waals surface area (Å²) in [7, 11) is 2.16. The Morgan fingerprint density at radius 2 is 2.43 bits per heavy atom. The molecule has 3 heteroatoms. The fourth-order valence-electron chi connectivity index (χ4n) is 1.96. The van der Waals surface area contributed by atoms with Crippen molar-refractivity contribution in [2.75, 3.05) is 20.1 Å². The van der Waals surface area contributed by atoms with Crippen LogP contribution in [0.15, 0.2) is 16.5 Å². The standard InChI is InChI=1S/C11H18N2O/c1-9-3-4-11(14-9)8-13(2)10-5-6-12-7-10/h3-4,10,12H,5-8H2,1-2H3. The van der Waals surface area contributed by atoms with E-state index >= 15 is 0 Å². The lowest BCUT2D eigenvalue weighted by Crippen LogP contribution is -2.32. The Morgan fingerprint density at radius 3 is 3.00 bits per heavy atom. The van der Waals surface area contributed by atoms with E-state index in [-0.39, 0.29) is 0 Å². The molecule has 1 fully saturated rings. The molecule has 2 heterocycles. The molecule has 1 aromatic rings. The summed E-state index contributed by atoms with van der Waals surface area (Å²) < 4.78 is 5.55. The maximum atomic E-state index is 5.55. The van der Waals surface area contributed by atoms with E-state index < -0.39 is 0 Å². The van der Waals surface area contributed by atoms with Gasteiger partial charge in [0.25, 0.3) is 0 Å². The molecule has 0 aliphatic carbocycles. The molecular weight excluding hydrogens is 176 g/mol. The summed E-state index contributed by atoms with van der Waals surface area (Å²) in [6.07, 6.45) is 1.25. The van der Waals surface area contributed by atoms with Gasteiger partial charge in [-0.2, -0.15) is 0 Å². The lowest BCUT2D eigenvalue weighted by Gasteiger charge is -2.21. The molecule has 1 aliphatic rings. The number of nitrogens with zero attached hydrogens (tertiary/aromatic N) is 1. The van der Waals surface area contributed by atoms with E-state index in [9.17, 15) is 0 Å². The van der Waals surface area contributed by atoms with Crippen molar-refractivity contribution >= 4 is 0 Å². The predicted octanol–water partition coefficient (Wildman–Crippen LogP) is 1.38. The quantitative estimate of drug-likeness (QED) is 0.788. The van der Waals surface area contributed by atoms with Crippen molar-refractivity contribution in [2.24, 2.45) is 0 Å². The van der Waals surface area contributed by atoms with Crippen LogP contribution in [0.25, 0.3) is 0 Å². The molecule has 1 aliphatic heterocycles. The highest BCUT2D eigenvalue weighted by atomic mass is 16.3. The third-order valence-electron chi connectivity index (χ3n) is 2.86. The molecule has 0 saturated carbocycles. The molecule has 0 radical (unpaired) electrons. The van der Waals surface area contributed by atoms with E-state index in [0.717, 1.165) is 31.2 Å². The van der Waals surface area contributed by atoms with E-state index in [1.165, 1.54) is 6.42 Å². The van der Waals surface area contributed by atoms with Crippen LogP contribution >= 0.6 is 0 Å². The molecule has 1 unspecified atom stereocenters. The third kappa shape index (κ3) is 2.16. The number of nitrogens with one attached hydrogen (secondary N) is 1. The summed E-state index contributed by atoms with van der Waals surface area (Å²) in [5, 5.41) is 3.37.